The zero-order chi connectivity index (χ0) is 27.1. The van der Waals surface area contributed by atoms with Crippen LogP contribution in [0.3, 0.4) is 0 Å². The SMILES string of the molecule is NC(=O)NOC(=O)[C@@H](N)CCC(=O)OC(=O)CCC(NC(=O)NC(CCC(=O)O)C(=O)O)C(=O)O. The third kappa shape index (κ3) is 14.3. The molecule has 0 aliphatic rings. The Morgan fingerprint density at radius 1 is 0.743 bits per heavy atom. The van der Waals surface area contributed by atoms with Crippen LogP contribution in [0.1, 0.15) is 38.5 Å². The number of ether oxygens (including phenoxy) is 1. The number of aliphatic carboxylic acids is 3. The highest BCUT2D eigenvalue weighted by molar-refractivity contribution is 5.88. The molecule has 0 aliphatic carbocycles. The Morgan fingerprint density at radius 3 is 1.63 bits per heavy atom. The molecule has 0 aromatic heterocycles. The van der Waals surface area contributed by atoms with Gasteiger partial charge in [-0.25, -0.2) is 24.0 Å². The van der Waals surface area contributed by atoms with E-state index in [-0.39, 0.29) is 6.42 Å². The molecule has 3 atom stereocenters. The molecular weight excluding hydrogens is 482 g/mol. The minimum absolute atomic E-state index is 0.336. The van der Waals surface area contributed by atoms with Crippen molar-refractivity contribution in [2.75, 3.05) is 0 Å². The Bertz CT molecular complexity index is 846. The van der Waals surface area contributed by atoms with Gasteiger partial charge >= 0.3 is 47.9 Å². The Balaban J connectivity index is 4.58. The van der Waals surface area contributed by atoms with Crippen LogP contribution in [-0.2, 0) is 38.3 Å². The van der Waals surface area contributed by atoms with E-state index in [1.807, 2.05) is 10.6 Å². The van der Waals surface area contributed by atoms with Gasteiger partial charge < -0.3 is 47.0 Å². The molecule has 0 saturated heterocycles. The number of amides is 4. The van der Waals surface area contributed by atoms with Crippen LogP contribution in [-0.4, -0.2) is 81.3 Å². The van der Waals surface area contributed by atoms with Crippen LogP contribution in [0.5, 0.6) is 0 Å². The second-order valence-electron chi connectivity index (χ2n) is 6.75. The first-order valence-electron chi connectivity index (χ1n) is 9.72. The number of carboxylic acids is 3. The molecule has 18 nitrogen and oxygen atoms in total. The Kier molecular flexibility index (Phi) is 13.4. The number of hydrogen-bond donors (Lipinski definition) is 8. The van der Waals surface area contributed by atoms with E-state index in [1.54, 1.807) is 0 Å². The van der Waals surface area contributed by atoms with Crippen molar-refractivity contribution in [3.05, 3.63) is 0 Å². The fraction of sp³-hybridized carbons (Fsp3) is 0.529. The topological polar surface area (TPSA) is 304 Å². The lowest BCUT2D eigenvalue weighted by Gasteiger charge is -2.18. The summed E-state index contributed by atoms with van der Waals surface area (Å²) < 4.78 is 4.43. The number of carboxylic acid groups (broad SMARTS) is 3. The van der Waals surface area contributed by atoms with Crippen LogP contribution in [0, 0.1) is 0 Å². The summed E-state index contributed by atoms with van der Waals surface area (Å²) in [5, 5.41) is 30.6. The second-order valence-corrected chi connectivity index (χ2v) is 6.75. The molecule has 0 aromatic rings. The molecule has 0 bridgehead atoms. The fourth-order valence-corrected chi connectivity index (χ4v) is 2.20. The summed E-state index contributed by atoms with van der Waals surface area (Å²) in [7, 11) is 0. The van der Waals surface area contributed by atoms with E-state index in [1.165, 1.54) is 5.48 Å². The largest absolute Gasteiger partial charge is 0.481 e. The van der Waals surface area contributed by atoms with E-state index in [2.05, 4.69) is 15.3 Å². The van der Waals surface area contributed by atoms with Crippen molar-refractivity contribution < 1.29 is 63.3 Å². The van der Waals surface area contributed by atoms with Crippen LogP contribution in [0.4, 0.5) is 9.59 Å². The van der Waals surface area contributed by atoms with E-state index in [4.69, 9.17) is 21.1 Å². The van der Waals surface area contributed by atoms with Crippen molar-refractivity contribution >= 4 is 47.9 Å². The molecule has 0 spiro atoms. The zero-order valence-corrected chi connectivity index (χ0v) is 18.1. The van der Waals surface area contributed by atoms with Gasteiger partial charge in [-0.15, -0.1) is 0 Å². The van der Waals surface area contributed by atoms with Gasteiger partial charge in [0.15, 0.2) is 0 Å². The van der Waals surface area contributed by atoms with Gasteiger partial charge in [-0.05, 0) is 19.3 Å². The molecule has 196 valence electrons. The first kappa shape index (κ1) is 30.5. The number of carbonyl (C=O) groups excluding carboxylic acids is 5. The summed E-state index contributed by atoms with van der Waals surface area (Å²) in [6, 6.07) is -7.08. The maximum Gasteiger partial charge on any atom is 0.348 e. The maximum atomic E-state index is 11.9. The van der Waals surface area contributed by atoms with Gasteiger partial charge in [0.1, 0.15) is 18.1 Å². The summed E-state index contributed by atoms with van der Waals surface area (Å²) in [6.07, 6.45) is -3.09. The van der Waals surface area contributed by atoms with Crippen molar-refractivity contribution in [1.82, 2.24) is 16.1 Å². The predicted molar refractivity (Wildman–Crippen MR) is 108 cm³/mol. The Morgan fingerprint density at radius 2 is 1.20 bits per heavy atom. The number of nitrogens with two attached hydrogens (primary N) is 2. The normalized spacial score (nSPS) is 12.7. The predicted octanol–water partition coefficient (Wildman–Crippen LogP) is -2.86. The second kappa shape index (κ2) is 15.4. The molecule has 10 N–H and O–H groups in total. The summed E-state index contributed by atoms with van der Waals surface area (Å²) in [4.78, 5) is 94.2. The smallest absolute Gasteiger partial charge is 0.348 e. The summed E-state index contributed by atoms with van der Waals surface area (Å²) in [5.74, 6) is -7.85. The van der Waals surface area contributed by atoms with Gasteiger partial charge in [0.25, 0.3) is 0 Å². The lowest BCUT2D eigenvalue weighted by molar-refractivity contribution is -0.160. The zero-order valence-electron chi connectivity index (χ0n) is 18.1. The number of esters is 2. The van der Waals surface area contributed by atoms with Crippen molar-refractivity contribution in [2.24, 2.45) is 11.5 Å². The highest BCUT2D eigenvalue weighted by atomic mass is 16.7. The number of nitrogens with one attached hydrogen (secondary N) is 3. The minimum atomic E-state index is -1.69. The average Bonchev–Trinajstić information content (AvgIpc) is 2.75. The lowest BCUT2D eigenvalue weighted by atomic mass is 10.1. The molecule has 0 heterocycles. The van der Waals surface area contributed by atoms with Crippen LogP contribution < -0.4 is 27.6 Å². The van der Waals surface area contributed by atoms with Gasteiger partial charge in [0.05, 0.1) is 0 Å². The minimum Gasteiger partial charge on any atom is -0.481 e. The van der Waals surface area contributed by atoms with Gasteiger partial charge in [-0.3, -0.25) is 14.4 Å². The third-order valence-corrected chi connectivity index (χ3v) is 3.93. The Labute approximate surface area is 196 Å². The van der Waals surface area contributed by atoms with Gasteiger partial charge in [-0.2, -0.15) is 5.48 Å². The van der Waals surface area contributed by atoms with Crippen LogP contribution >= 0.6 is 0 Å². The quantitative estimate of drug-likeness (QED) is 0.0666. The van der Waals surface area contributed by atoms with Crippen LogP contribution in [0.2, 0.25) is 0 Å². The molecule has 4 amide bonds. The van der Waals surface area contributed by atoms with Gasteiger partial charge in [0.2, 0.25) is 0 Å². The van der Waals surface area contributed by atoms with Gasteiger partial charge in [0, 0.05) is 19.3 Å². The van der Waals surface area contributed by atoms with Crippen molar-refractivity contribution in [2.45, 2.75) is 56.7 Å². The number of carbonyl (C=O) groups is 8. The van der Waals surface area contributed by atoms with E-state index >= 15 is 0 Å². The summed E-state index contributed by atoms with van der Waals surface area (Å²) >= 11 is 0. The average molecular weight is 507 g/mol. The number of urea groups is 2. The van der Waals surface area contributed by atoms with E-state index in [0.29, 0.717) is 0 Å². The Hall–Kier alpha value is -4.48. The number of rotatable bonds is 14. The van der Waals surface area contributed by atoms with Crippen LogP contribution in [0.25, 0.3) is 0 Å². The van der Waals surface area contributed by atoms with Gasteiger partial charge in [-0.1, -0.05) is 0 Å². The molecule has 0 rings (SSSR count). The summed E-state index contributed by atoms with van der Waals surface area (Å²) in [5.41, 5.74) is 11.6. The van der Waals surface area contributed by atoms with Crippen molar-refractivity contribution in [3.8, 4) is 0 Å². The highest BCUT2D eigenvalue weighted by Crippen LogP contribution is 2.05. The van der Waals surface area contributed by atoms with Crippen molar-refractivity contribution in [3.63, 3.8) is 0 Å². The molecule has 0 saturated carbocycles. The van der Waals surface area contributed by atoms with Crippen LogP contribution in [0.15, 0.2) is 0 Å². The number of hydroxylamine groups is 1. The maximum absolute atomic E-state index is 11.9. The first-order chi connectivity index (χ1) is 16.2. The van der Waals surface area contributed by atoms with Crippen molar-refractivity contribution in [1.29, 1.82) is 0 Å². The monoisotopic (exact) mass is 507 g/mol. The first-order valence-corrected chi connectivity index (χ1v) is 9.72. The summed E-state index contributed by atoms with van der Waals surface area (Å²) in [6.45, 7) is 0. The lowest BCUT2D eigenvalue weighted by Crippen LogP contribution is -2.51. The van der Waals surface area contributed by atoms with E-state index < -0.39 is 98.1 Å². The number of primary amides is 1. The number of hydrogen-bond acceptors (Lipinski definition) is 11. The molecular formula is C17H25N5O13. The molecule has 35 heavy (non-hydrogen) atoms. The standard InChI is InChI=1S/C17H25N5O13/c18-7(15(31)35-22-16(19)32)1-5-11(25)34-12(26)6-3-9(14(29)30)21-17(33)20-8(13(27)28)2-4-10(23)24/h7-9H,1-6,18H2,(H,23,24)(H,27,28)(H,29,30)(H3,19,22,32)(H2,20,21,33)/t7-,8?,9?/m0/s1. The molecule has 0 fully saturated rings. The fourth-order valence-electron chi connectivity index (χ4n) is 2.20. The van der Waals surface area contributed by atoms with E-state index in [9.17, 15) is 38.4 Å². The molecule has 18 heteroatoms. The molecule has 0 aromatic carbocycles. The molecule has 0 aliphatic heterocycles. The highest BCUT2D eigenvalue weighted by Gasteiger charge is 2.26. The molecule has 0 radical (unpaired) electrons. The van der Waals surface area contributed by atoms with E-state index in [0.717, 1.165) is 0 Å². The third-order valence-electron chi connectivity index (χ3n) is 3.93. The molecule has 2 unspecified atom stereocenters.